The molecule has 2 aromatic heterocycles. The average molecular weight is 362 g/mol. The van der Waals surface area contributed by atoms with Crippen molar-refractivity contribution in [1.29, 1.82) is 0 Å². The molecule has 0 aliphatic carbocycles. The van der Waals surface area contributed by atoms with Crippen molar-refractivity contribution in [3.05, 3.63) is 54.2 Å². The van der Waals surface area contributed by atoms with Crippen molar-refractivity contribution < 1.29 is 15.0 Å². The predicted octanol–water partition coefficient (Wildman–Crippen LogP) is 3.93. The van der Waals surface area contributed by atoms with Crippen LogP contribution in [-0.2, 0) is 0 Å². The number of aromatic amines is 1. The highest BCUT2D eigenvalue weighted by Gasteiger charge is 2.16. The van der Waals surface area contributed by atoms with E-state index in [4.69, 9.17) is 0 Å². The van der Waals surface area contributed by atoms with Gasteiger partial charge < -0.3 is 25.4 Å². The van der Waals surface area contributed by atoms with E-state index in [0.717, 1.165) is 22.1 Å². The van der Waals surface area contributed by atoms with Crippen molar-refractivity contribution in [2.24, 2.45) is 0 Å². The van der Waals surface area contributed by atoms with Gasteiger partial charge in [-0.1, -0.05) is 6.07 Å². The van der Waals surface area contributed by atoms with Crippen LogP contribution in [0.25, 0.3) is 21.8 Å². The number of aromatic nitrogens is 2. The number of H-pyrrole nitrogens is 1. The van der Waals surface area contributed by atoms with Gasteiger partial charge in [-0.3, -0.25) is 0 Å². The maximum Gasteiger partial charge on any atom is 0.354 e. The normalized spacial score (nSPS) is 11.0. The summed E-state index contributed by atoms with van der Waals surface area (Å²) in [5, 5.41) is 24.0. The number of benzene rings is 2. The zero-order valence-corrected chi connectivity index (χ0v) is 14.8. The molecular weight excluding hydrogens is 344 g/mol. The SMILES string of the molecule is CN(C)c1cccc(Nc2nc(C(=O)O)cc3c2[nH]c2cc(O)ccc23)c1. The molecule has 4 aromatic rings. The molecule has 0 aliphatic rings. The van der Waals surface area contributed by atoms with E-state index < -0.39 is 5.97 Å². The van der Waals surface area contributed by atoms with Gasteiger partial charge in [0, 0.05) is 42.3 Å². The van der Waals surface area contributed by atoms with Crippen molar-refractivity contribution in [3.63, 3.8) is 0 Å². The number of hydrogen-bond acceptors (Lipinski definition) is 5. The zero-order valence-electron chi connectivity index (χ0n) is 14.8. The molecule has 0 aliphatic heterocycles. The Morgan fingerprint density at radius 2 is 1.93 bits per heavy atom. The molecule has 27 heavy (non-hydrogen) atoms. The summed E-state index contributed by atoms with van der Waals surface area (Å²) in [4.78, 5) is 21.0. The van der Waals surface area contributed by atoms with Gasteiger partial charge in [-0.15, -0.1) is 0 Å². The van der Waals surface area contributed by atoms with Crippen LogP contribution in [0.4, 0.5) is 17.2 Å². The molecule has 0 unspecified atom stereocenters. The maximum atomic E-state index is 11.6. The van der Waals surface area contributed by atoms with Gasteiger partial charge in [-0.2, -0.15) is 0 Å². The van der Waals surface area contributed by atoms with Crippen LogP contribution in [0.3, 0.4) is 0 Å². The first-order valence-electron chi connectivity index (χ1n) is 8.35. The van der Waals surface area contributed by atoms with Crippen molar-refractivity contribution >= 4 is 45.0 Å². The van der Waals surface area contributed by atoms with Gasteiger partial charge in [-0.25, -0.2) is 9.78 Å². The lowest BCUT2D eigenvalue weighted by Crippen LogP contribution is -2.09. The second-order valence-electron chi connectivity index (χ2n) is 6.51. The smallest absolute Gasteiger partial charge is 0.354 e. The number of nitrogens with zero attached hydrogens (tertiary/aromatic N) is 2. The van der Waals surface area contributed by atoms with Crippen molar-refractivity contribution in [1.82, 2.24) is 9.97 Å². The van der Waals surface area contributed by atoms with Crippen LogP contribution >= 0.6 is 0 Å². The first-order valence-corrected chi connectivity index (χ1v) is 8.35. The van der Waals surface area contributed by atoms with Gasteiger partial charge in [-0.05, 0) is 36.4 Å². The summed E-state index contributed by atoms with van der Waals surface area (Å²) in [6.45, 7) is 0. The summed E-state index contributed by atoms with van der Waals surface area (Å²) in [7, 11) is 3.90. The lowest BCUT2D eigenvalue weighted by molar-refractivity contribution is 0.0691. The Kier molecular flexibility index (Phi) is 3.84. The highest BCUT2D eigenvalue weighted by molar-refractivity contribution is 6.12. The van der Waals surface area contributed by atoms with Crippen LogP contribution in [0.2, 0.25) is 0 Å². The van der Waals surface area contributed by atoms with E-state index >= 15 is 0 Å². The quantitative estimate of drug-likeness (QED) is 0.439. The highest BCUT2D eigenvalue weighted by Crippen LogP contribution is 2.33. The minimum absolute atomic E-state index is 0.0530. The number of nitrogens with one attached hydrogen (secondary N) is 2. The molecule has 0 saturated carbocycles. The van der Waals surface area contributed by atoms with Gasteiger partial charge >= 0.3 is 5.97 Å². The fourth-order valence-electron chi connectivity index (χ4n) is 3.09. The largest absolute Gasteiger partial charge is 0.508 e. The zero-order chi connectivity index (χ0) is 19.1. The topological polar surface area (TPSA) is 101 Å². The predicted molar refractivity (Wildman–Crippen MR) is 106 cm³/mol. The minimum Gasteiger partial charge on any atom is -0.508 e. The summed E-state index contributed by atoms with van der Waals surface area (Å²) in [5.74, 6) is -0.555. The Hall–Kier alpha value is -3.74. The van der Waals surface area contributed by atoms with Gasteiger partial charge in [0.05, 0.1) is 11.0 Å². The van der Waals surface area contributed by atoms with E-state index in [1.54, 1.807) is 18.2 Å². The molecule has 4 rings (SSSR count). The number of anilines is 3. The second kappa shape index (κ2) is 6.21. The Morgan fingerprint density at radius 1 is 1.11 bits per heavy atom. The average Bonchev–Trinajstić information content (AvgIpc) is 2.99. The van der Waals surface area contributed by atoms with Gasteiger partial charge in [0.1, 0.15) is 5.75 Å². The summed E-state index contributed by atoms with van der Waals surface area (Å²) in [6.07, 6.45) is 0. The first-order chi connectivity index (χ1) is 12.9. The molecule has 0 radical (unpaired) electrons. The number of rotatable bonds is 4. The minimum atomic E-state index is -1.10. The molecule has 4 N–H and O–H groups in total. The number of aromatic hydroxyl groups is 1. The summed E-state index contributed by atoms with van der Waals surface area (Å²) in [6, 6.07) is 14.2. The number of aromatic carboxylic acids is 1. The standard InChI is InChI=1S/C20H18N4O3/c1-24(2)12-5-3-4-11(8-12)21-19-18-15(10-17(23-19)20(26)27)14-7-6-13(25)9-16(14)22-18/h3-10,22,25H,1-2H3,(H,21,23)(H,26,27). The number of carbonyl (C=O) groups is 1. The van der Waals surface area contributed by atoms with E-state index in [1.807, 2.05) is 43.3 Å². The third kappa shape index (κ3) is 2.99. The summed E-state index contributed by atoms with van der Waals surface area (Å²) >= 11 is 0. The molecule has 7 heteroatoms. The first kappa shape index (κ1) is 16.7. The highest BCUT2D eigenvalue weighted by atomic mass is 16.4. The number of pyridine rings is 1. The van der Waals surface area contributed by atoms with Crippen LogP contribution in [0.15, 0.2) is 48.5 Å². The lowest BCUT2D eigenvalue weighted by atomic mass is 10.1. The number of hydrogen-bond donors (Lipinski definition) is 4. The molecule has 0 fully saturated rings. The van der Waals surface area contributed by atoms with E-state index in [9.17, 15) is 15.0 Å². The van der Waals surface area contributed by atoms with E-state index in [-0.39, 0.29) is 11.4 Å². The number of carboxylic acid groups (broad SMARTS) is 1. The van der Waals surface area contributed by atoms with E-state index in [2.05, 4.69) is 15.3 Å². The molecule has 0 spiro atoms. The van der Waals surface area contributed by atoms with Crippen LogP contribution in [0.5, 0.6) is 5.75 Å². The molecular formula is C20H18N4O3. The van der Waals surface area contributed by atoms with Crippen LogP contribution in [0, 0.1) is 0 Å². The summed E-state index contributed by atoms with van der Waals surface area (Å²) in [5.41, 5.74) is 3.13. The number of carboxylic acids is 1. The molecule has 0 atom stereocenters. The second-order valence-corrected chi connectivity index (χ2v) is 6.51. The van der Waals surface area contributed by atoms with E-state index in [0.29, 0.717) is 16.9 Å². The fraction of sp³-hybridized carbons (Fsp3) is 0.100. The Labute approximate surface area is 154 Å². The van der Waals surface area contributed by atoms with Crippen LogP contribution in [0.1, 0.15) is 10.5 Å². The van der Waals surface area contributed by atoms with Gasteiger partial charge in [0.2, 0.25) is 0 Å². The van der Waals surface area contributed by atoms with Gasteiger partial charge in [0.15, 0.2) is 11.5 Å². The molecule has 0 amide bonds. The number of fused-ring (bicyclic) bond motifs is 3. The summed E-state index contributed by atoms with van der Waals surface area (Å²) < 4.78 is 0. The third-order valence-corrected chi connectivity index (χ3v) is 4.42. The Morgan fingerprint density at radius 3 is 2.67 bits per heavy atom. The molecule has 2 heterocycles. The molecule has 7 nitrogen and oxygen atoms in total. The van der Waals surface area contributed by atoms with Crippen molar-refractivity contribution in [2.75, 3.05) is 24.3 Å². The van der Waals surface area contributed by atoms with Crippen molar-refractivity contribution in [3.8, 4) is 5.75 Å². The molecule has 136 valence electrons. The number of phenols is 1. The molecule has 0 bridgehead atoms. The maximum absolute atomic E-state index is 11.6. The monoisotopic (exact) mass is 362 g/mol. The third-order valence-electron chi connectivity index (χ3n) is 4.42. The Bertz CT molecular complexity index is 1180. The number of phenolic OH excluding ortho intramolecular Hbond substituents is 1. The molecule has 2 aromatic carbocycles. The van der Waals surface area contributed by atoms with Gasteiger partial charge in [0.25, 0.3) is 0 Å². The van der Waals surface area contributed by atoms with Crippen LogP contribution < -0.4 is 10.2 Å². The van der Waals surface area contributed by atoms with E-state index in [1.165, 1.54) is 6.07 Å². The fourth-order valence-corrected chi connectivity index (χ4v) is 3.09. The Balaban J connectivity index is 1.91. The molecule has 0 saturated heterocycles. The van der Waals surface area contributed by atoms with Crippen molar-refractivity contribution in [2.45, 2.75) is 0 Å². The lowest BCUT2D eigenvalue weighted by Gasteiger charge is -2.14. The van der Waals surface area contributed by atoms with Crippen LogP contribution in [-0.4, -0.2) is 40.2 Å².